The summed E-state index contributed by atoms with van der Waals surface area (Å²) in [5, 5.41) is 3.29. The van der Waals surface area contributed by atoms with Gasteiger partial charge >= 0.3 is 0 Å². The van der Waals surface area contributed by atoms with Gasteiger partial charge in [0.25, 0.3) is 0 Å². The van der Waals surface area contributed by atoms with E-state index < -0.39 is 16.7 Å². The van der Waals surface area contributed by atoms with Gasteiger partial charge in [-0.25, -0.2) is 0 Å². The first-order chi connectivity index (χ1) is 9.99. The molecule has 0 fully saturated rings. The van der Waals surface area contributed by atoms with Crippen LogP contribution in [0, 0.1) is 6.92 Å². The Kier molecular flexibility index (Phi) is 4.75. The molecule has 0 saturated heterocycles. The first-order valence-electron chi connectivity index (χ1n) is 6.54. The minimum absolute atomic E-state index is 0.425. The van der Waals surface area contributed by atoms with Gasteiger partial charge in [0.1, 0.15) is 0 Å². The van der Waals surface area contributed by atoms with Crippen molar-refractivity contribution >= 4 is 22.4 Å². The van der Waals surface area contributed by atoms with Crippen molar-refractivity contribution in [3.05, 3.63) is 59.2 Å². The van der Waals surface area contributed by atoms with Gasteiger partial charge in [-0.2, -0.15) is 0 Å². The Morgan fingerprint density at radius 3 is 2.43 bits per heavy atom. The van der Waals surface area contributed by atoms with Crippen molar-refractivity contribution in [1.82, 2.24) is 0 Å². The highest BCUT2D eigenvalue weighted by molar-refractivity contribution is 7.84. The maximum atomic E-state index is 11.3. The summed E-state index contributed by atoms with van der Waals surface area (Å²) in [4.78, 5) is 12.1. The van der Waals surface area contributed by atoms with E-state index in [1.807, 2.05) is 37.3 Å². The molecule has 0 heterocycles. The number of nitrogens with two attached hydrogens (primary N) is 1. The first-order valence-corrected chi connectivity index (χ1v) is 8.10. The Morgan fingerprint density at radius 1 is 1.19 bits per heavy atom. The summed E-state index contributed by atoms with van der Waals surface area (Å²) in [6, 6.07) is 13.0. The normalized spacial score (nSPS) is 11.9. The summed E-state index contributed by atoms with van der Waals surface area (Å²) >= 11 is 0. The topological polar surface area (TPSA) is 72.2 Å². The molecule has 2 rings (SSSR count). The average Bonchev–Trinajstić information content (AvgIpc) is 2.46. The molecule has 21 heavy (non-hydrogen) atoms. The van der Waals surface area contributed by atoms with E-state index in [0.717, 1.165) is 21.7 Å². The van der Waals surface area contributed by atoms with Crippen LogP contribution in [0.4, 0.5) is 5.69 Å². The second-order valence-electron chi connectivity index (χ2n) is 4.79. The molecule has 0 aliphatic rings. The second kappa shape index (κ2) is 6.54. The van der Waals surface area contributed by atoms with Gasteiger partial charge in [-0.1, -0.05) is 18.2 Å². The fourth-order valence-corrected chi connectivity index (χ4v) is 2.61. The minimum Gasteiger partial charge on any atom is -0.381 e. The fraction of sp³-hybridized carbons (Fsp3) is 0.188. The molecule has 3 N–H and O–H groups in total. The number of amides is 1. The molecular formula is C16H18N2O2S. The third-order valence-corrected chi connectivity index (χ3v) is 4.27. The maximum Gasteiger partial charge on any atom is 0.249 e. The number of hydrogen-bond acceptors (Lipinski definition) is 3. The SMILES string of the molecule is Cc1c(NCc2ccc([S@](C)=O)cc2)cccc1C(N)=O. The van der Waals surface area contributed by atoms with Crippen molar-refractivity contribution in [3.63, 3.8) is 0 Å². The van der Waals surface area contributed by atoms with Crippen molar-refractivity contribution in [1.29, 1.82) is 0 Å². The molecule has 1 amide bonds. The van der Waals surface area contributed by atoms with Gasteiger partial charge in [-0.05, 0) is 42.3 Å². The summed E-state index contributed by atoms with van der Waals surface area (Å²) in [5.41, 5.74) is 8.67. The van der Waals surface area contributed by atoms with Crippen LogP contribution < -0.4 is 11.1 Å². The Morgan fingerprint density at radius 2 is 1.86 bits per heavy atom. The van der Waals surface area contributed by atoms with Crippen LogP contribution in [0.3, 0.4) is 0 Å². The first kappa shape index (κ1) is 15.3. The number of carbonyl (C=O) groups excluding carboxylic acids is 1. The van der Waals surface area contributed by atoms with E-state index in [0.29, 0.717) is 12.1 Å². The highest BCUT2D eigenvalue weighted by Gasteiger charge is 2.08. The Hall–Kier alpha value is -2.14. The Bertz CT molecular complexity index is 681. The van der Waals surface area contributed by atoms with Crippen molar-refractivity contribution < 1.29 is 9.00 Å². The molecule has 0 radical (unpaired) electrons. The predicted octanol–water partition coefficient (Wildman–Crippen LogP) is 2.44. The number of rotatable bonds is 5. The lowest BCUT2D eigenvalue weighted by Gasteiger charge is -2.12. The van der Waals surface area contributed by atoms with Crippen LogP contribution >= 0.6 is 0 Å². The molecule has 4 nitrogen and oxygen atoms in total. The molecule has 0 saturated carbocycles. The molecule has 0 unspecified atom stereocenters. The highest BCUT2D eigenvalue weighted by Crippen LogP contribution is 2.19. The largest absolute Gasteiger partial charge is 0.381 e. The summed E-state index contributed by atoms with van der Waals surface area (Å²) in [6.07, 6.45) is 1.66. The van der Waals surface area contributed by atoms with Crippen molar-refractivity contribution in [2.45, 2.75) is 18.4 Å². The zero-order valence-corrected chi connectivity index (χ0v) is 12.9. The number of benzene rings is 2. The van der Waals surface area contributed by atoms with Gasteiger partial charge in [-0.15, -0.1) is 0 Å². The number of primary amides is 1. The smallest absolute Gasteiger partial charge is 0.249 e. The van der Waals surface area contributed by atoms with Crippen LogP contribution in [-0.2, 0) is 17.3 Å². The second-order valence-corrected chi connectivity index (χ2v) is 6.17. The summed E-state index contributed by atoms with van der Waals surface area (Å²) in [5.74, 6) is -0.425. The van der Waals surface area contributed by atoms with Gasteiger partial charge in [0.15, 0.2) is 0 Å². The van der Waals surface area contributed by atoms with Gasteiger partial charge in [0, 0.05) is 39.7 Å². The Labute approximate surface area is 126 Å². The standard InChI is InChI=1S/C16H18N2O2S/c1-11-14(16(17)19)4-3-5-15(11)18-10-12-6-8-13(9-7-12)21(2)20/h3-9,18H,10H2,1-2H3,(H2,17,19)/t21-/m0/s1. The maximum absolute atomic E-state index is 11.3. The van der Waals surface area contributed by atoms with Crippen LogP contribution in [-0.4, -0.2) is 16.4 Å². The zero-order chi connectivity index (χ0) is 15.4. The predicted molar refractivity (Wildman–Crippen MR) is 85.8 cm³/mol. The molecule has 5 heteroatoms. The molecule has 0 aliphatic heterocycles. The average molecular weight is 302 g/mol. The lowest BCUT2D eigenvalue weighted by molar-refractivity contribution is 0.1000. The van der Waals surface area contributed by atoms with E-state index in [1.165, 1.54) is 0 Å². The lowest BCUT2D eigenvalue weighted by atomic mass is 10.1. The molecule has 110 valence electrons. The van der Waals surface area contributed by atoms with E-state index in [9.17, 15) is 9.00 Å². The van der Waals surface area contributed by atoms with E-state index in [4.69, 9.17) is 5.73 Å². The van der Waals surface area contributed by atoms with Crippen LogP contribution in [0.1, 0.15) is 21.5 Å². The summed E-state index contributed by atoms with van der Waals surface area (Å²) in [7, 11) is -0.961. The Balaban J connectivity index is 2.11. The van der Waals surface area contributed by atoms with Crippen LogP contribution in [0.2, 0.25) is 0 Å². The molecule has 0 bridgehead atoms. The van der Waals surface area contributed by atoms with Crippen molar-refractivity contribution in [2.24, 2.45) is 5.73 Å². The van der Waals surface area contributed by atoms with E-state index in [2.05, 4.69) is 5.32 Å². The van der Waals surface area contributed by atoms with Crippen molar-refractivity contribution in [2.75, 3.05) is 11.6 Å². The molecule has 0 aliphatic carbocycles. The summed E-state index contributed by atoms with van der Waals surface area (Å²) < 4.78 is 11.3. The minimum atomic E-state index is -0.961. The van der Waals surface area contributed by atoms with E-state index >= 15 is 0 Å². The van der Waals surface area contributed by atoms with Gasteiger partial charge < -0.3 is 11.1 Å². The molecule has 1 atom stereocenters. The van der Waals surface area contributed by atoms with Crippen LogP contribution in [0.5, 0.6) is 0 Å². The number of hydrogen-bond donors (Lipinski definition) is 2. The third kappa shape index (κ3) is 3.70. The zero-order valence-electron chi connectivity index (χ0n) is 12.1. The number of anilines is 1. The highest BCUT2D eigenvalue weighted by atomic mass is 32.2. The molecule has 0 aromatic heterocycles. The lowest BCUT2D eigenvalue weighted by Crippen LogP contribution is -2.13. The van der Waals surface area contributed by atoms with Crippen molar-refractivity contribution in [3.8, 4) is 0 Å². The summed E-state index contributed by atoms with van der Waals surface area (Å²) in [6.45, 7) is 2.49. The number of nitrogens with one attached hydrogen (secondary N) is 1. The van der Waals surface area contributed by atoms with E-state index in [1.54, 1.807) is 18.4 Å². The van der Waals surface area contributed by atoms with E-state index in [-0.39, 0.29) is 0 Å². The van der Waals surface area contributed by atoms with Crippen LogP contribution in [0.25, 0.3) is 0 Å². The molecule has 0 spiro atoms. The monoisotopic (exact) mass is 302 g/mol. The van der Waals surface area contributed by atoms with Gasteiger partial charge in [-0.3, -0.25) is 9.00 Å². The molecule has 2 aromatic carbocycles. The van der Waals surface area contributed by atoms with Gasteiger partial charge in [0.2, 0.25) is 5.91 Å². The quantitative estimate of drug-likeness (QED) is 0.891. The molecule has 2 aromatic rings. The molecular weight excluding hydrogens is 284 g/mol. The van der Waals surface area contributed by atoms with Crippen LogP contribution in [0.15, 0.2) is 47.4 Å². The van der Waals surface area contributed by atoms with Gasteiger partial charge in [0.05, 0.1) is 0 Å². The number of carbonyl (C=O) groups is 1. The third-order valence-electron chi connectivity index (χ3n) is 3.34. The fourth-order valence-electron chi connectivity index (χ4n) is 2.09.